The summed E-state index contributed by atoms with van der Waals surface area (Å²) in [5.74, 6) is -0.560. The van der Waals surface area contributed by atoms with Crippen LogP contribution in [0.25, 0.3) is 0 Å². The fourth-order valence-corrected chi connectivity index (χ4v) is 4.47. The molecule has 4 N–H and O–H groups in total. The van der Waals surface area contributed by atoms with Crippen molar-refractivity contribution in [2.75, 3.05) is 19.0 Å². The summed E-state index contributed by atoms with van der Waals surface area (Å²) in [4.78, 5) is 42.7. The van der Waals surface area contributed by atoms with Gasteiger partial charge in [0.1, 0.15) is 34.9 Å². The summed E-state index contributed by atoms with van der Waals surface area (Å²) in [7, 11) is 1.54. The van der Waals surface area contributed by atoms with Crippen LogP contribution in [0.2, 0.25) is 0 Å². The van der Waals surface area contributed by atoms with Gasteiger partial charge in [0.15, 0.2) is 0 Å². The average Bonchev–Trinajstić information content (AvgIpc) is 2.95. The molecule has 0 saturated heterocycles. The molecule has 0 aliphatic carbocycles. The Morgan fingerprint density at radius 2 is 1.58 bits per heavy atom. The van der Waals surface area contributed by atoms with Crippen LogP contribution in [-0.4, -0.2) is 58.3 Å². The van der Waals surface area contributed by atoms with Crippen LogP contribution in [0.1, 0.15) is 57.7 Å². The first kappa shape index (κ1) is 32.8. The lowest BCUT2D eigenvalue weighted by atomic mass is 9.99. The minimum absolute atomic E-state index is 0.0612. The average molecular weight is 592 g/mol. The molecular formula is C33H41N3O7. The molecule has 3 amide bonds. The number of unbranched alkanes of at least 4 members (excludes halogenated alkanes) is 1. The number of nitrogens with one attached hydrogen (secondary N) is 2. The minimum atomic E-state index is -1.23. The summed E-state index contributed by atoms with van der Waals surface area (Å²) in [6.07, 6.45) is 0.555. The van der Waals surface area contributed by atoms with Gasteiger partial charge in [-0.1, -0.05) is 43.7 Å². The molecule has 0 aliphatic heterocycles. The number of hydrogen-bond donors (Lipinski definition) is 4. The van der Waals surface area contributed by atoms with E-state index in [0.29, 0.717) is 23.4 Å². The third kappa shape index (κ3) is 9.66. The maximum Gasteiger partial charge on any atom is 0.408 e. The Kier molecular flexibility index (Phi) is 11.4. The largest absolute Gasteiger partial charge is 0.508 e. The fraction of sp³-hybridized carbons (Fsp3) is 0.364. The van der Waals surface area contributed by atoms with Gasteiger partial charge in [0.2, 0.25) is 5.91 Å². The van der Waals surface area contributed by atoms with Gasteiger partial charge in [0, 0.05) is 24.2 Å². The van der Waals surface area contributed by atoms with E-state index in [2.05, 4.69) is 10.6 Å². The van der Waals surface area contributed by atoms with Crippen LogP contribution in [0, 0.1) is 0 Å². The van der Waals surface area contributed by atoms with Crippen molar-refractivity contribution in [3.05, 3.63) is 83.9 Å². The number of rotatable bonds is 12. The van der Waals surface area contributed by atoms with Crippen LogP contribution in [0.5, 0.6) is 17.2 Å². The van der Waals surface area contributed by atoms with E-state index in [1.165, 1.54) is 23.1 Å². The van der Waals surface area contributed by atoms with Gasteiger partial charge in [0.25, 0.3) is 5.91 Å². The van der Waals surface area contributed by atoms with Crippen LogP contribution in [0.3, 0.4) is 0 Å². The molecule has 0 aromatic heterocycles. The summed E-state index contributed by atoms with van der Waals surface area (Å²) in [5.41, 5.74) is 0.569. The van der Waals surface area contributed by atoms with Crippen molar-refractivity contribution in [3.8, 4) is 17.2 Å². The van der Waals surface area contributed by atoms with Crippen molar-refractivity contribution in [3.63, 3.8) is 0 Å². The van der Waals surface area contributed by atoms with E-state index in [1.54, 1.807) is 82.5 Å². The molecule has 3 rings (SSSR count). The predicted octanol–water partition coefficient (Wildman–Crippen LogP) is 5.55. The number of amides is 3. The zero-order chi connectivity index (χ0) is 31.6. The summed E-state index contributed by atoms with van der Waals surface area (Å²) in [6, 6.07) is 17.0. The fourth-order valence-electron chi connectivity index (χ4n) is 4.47. The molecular weight excluding hydrogens is 550 g/mol. The Morgan fingerprint density at radius 1 is 0.930 bits per heavy atom. The molecule has 2 unspecified atom stereocenters. The number of carbonyl (C=O) groups is 3. The predicted molar refractivity (Wildman–Crippen MR) is 164 cm³/mol. The van der Waals surface area contributed by atoms with E-state index >= 15 is 0 Å². The summed E-state index contributed by atoms with van der Waals surface area (Å²) >= 11 is 0. The van der Waals surface area contributed by atoms with Gasteiger partial charge in [-0.25, -0.2) is 4.79 Å². The van der Waals surface area contributed by atoms with Crippen LogP contribution >= 0.6 is 0 Å². The van der Waals surface area contributed by atoms with Gasteiger partial charge in [-0.3, -0.25) is 9.59 Å². The van der Waals surface area contributed by atoms with Gasteiger partial charge in [0.05, 0.1) is 7.11 Å². The number of aromatic hydroxyl groups is 2. The first-order valence-corrected chi connectivity index (χ1v) is 14.2. The van der Waals surface area contributed by atoms with E-state index in [-0.39, 0.29) is 30.0 Å². The third-order valence-corrected chi connectivity index (χ3v) is 6.55. The number of phenols is 2. The van der Waals surface area contributed by atoms with Crippen molar-refractivity contribution < 1.29 is 34.1 Å². The number of nitrogens with zero attached hydrogens (tertiary/aromatic N) is 1. The lowest BCUT2D eigenvalue weighted by molar-refractivity contribution is -0.140. The van der Waals surface area contributed by atoms with Gasteiger partial charge in [-0.15, -0.1) is 0 Å². The summed E-state index contributed by atoms with van der Waals surface area (Å²) in [5, 5.41) is 26.2. The van der Waals surface area contributed by atoms with E-state index < -0.39 is 35.6 Å². The van der Waals surface area contributed by atoms with E-state index in [9.17, 15) is 24.6 Å². The summed E-state index contributed by atoms with van der Waals surface area (Å²) < 4.78 is 10.7. The Balaban J connectivity index is 2.05. The maximum atomic E-state index is 14.4. The van der Waals surface area contributed by atoms with Crippen LogP contribution in [0.15, 0.2) is 72.8 Å². The molecule has 0 radical (unpaired) electrons. The molecule has 3 aromatic rings. The van der Waals surface area contributed by atoms with E-state index in [4.69, 9.17) is 9.47 Å². The number of alkyl carbamates (subject to hydrolysis) is 1. The highest BCUT2D eigenvalue weighted by Crippen LogP contribution is 2.31. The van der Waals surface area contributed by atoms with Crippen LogP contribution < -0.4 is 15.4 Å². The highest BCUT2D eigenvalue weighted by atomic mass is 16.6. The number of benzene rings is 3. The molecule has 3 aromatic carbocycles. The van der Waals surface area contributed by atoms with Crippen molar-refractivity contribution in [1.29, 1.82) is 0 Å². The second-order valence-electron chi connectivity index (χ2n) is 11.1. The summed E-state index contributed by atoms with van der Waals surface area (Å²) in [6.45, 7) is 7.28. The molecule has 0 saturated carbocycles. The monoisotopic (exact) mass is 591 g/mol. The lowest BCUT2D eigenvalue weighted by Gasteiger charge is -2.35. The smallest absolute Gasteiger partial charge is 0.408 e. The molecule has 0 bridgehead atoms. The molecule has 43 heavy (non-hydrogen) atoms. The lowest BCUT2D eigenvalue weighted by Crippen LogP contribution is -2.53. The topological polar surface area (TPSA) is 137 Å². The van der Waals surface area contributed by atoms with Gasteiger partial charge < -0.3 is 35.2 Å². The number of hydrogen-bond acceptors (Lipinski definition) is 7. The van der Waals surface area contributed by atoms with Gasteiger partial charge >= 0.3 is 6.09 Å². The third-order valence-electron chi connectivity index (χ3n) is 6.55. The minimum Gasteiger partial charge on any atom is -0.508 e. The molecule has 2 atom stereocenters. The molecule has 0 aliphatic rings. The van der Waals surface area contributed by atoms with Crippen LogP contribution in [-0.2, 0) is 20.7 Å². The number of ether oxygens (including phenoxy) is 2. The number of methoxy groups -OCH3 is 1. The Labute approximate surface area is 252 Å². The van der Waals surface area contributed by atoms with Crippen molar-refractivity contribution >= 4 is 23.6 Å². The first-order chi connectivity index (χ1) is 20.4. The van der Waals surface area contributed by atoms with Crippen LogP contribution in [0.4, 0.5) is 10.5 Å². The quantitative estimate of drug-likeness (QED) is 0.217. The zero-order valence-electron chi connectivity index (χ0n) is 25.3. The molecule has 0 spiro atoms. The highest BCUT2D eigenvalue weighted by molar-refractivity contribution is 5.99. The van der Waals surface area contributed by atoms with Crippen molar-refractivity contribution in [2.45, 2.75) is 64.6 Å². The van der Waals surface area contributed by atoms with E-state index in [1.807, 2.05) is 6.92 Å². The Bertz CT molecular complexity index is 1370. The second kappa shape index (κ2) is 14.9. The Hall–Kier alpha value is -4.73. The van der Waals surface area contributed by atoms with Gasteiger partial charge in [-0.05, 0) is 75.2 Å². The Morgan fingerprint density at radius 3 is 2.16 bits per heavy atom. The number of phenolic OH excluding ortho intramolecular Hbond substituents is 2. The normalized spacial score (nSPS) is 12.5. The van der Waals surface area contributed by atoms with E-state index in [0.717, 1.165) is 6.42 Å². The molecule has 0 fully saturated rings. The standard InChI is InChI=1S/C33H41N3O7/c1-6-7-20-36(31(40)27(35-32(41)43-33(2,3)4)21-22-12-16-24(37)17-13-22)29(26-10-8-9-11-28(26)38)30(39)34-23-14-18-25(42-5)19-15-23/h8-19,27,29,37-38H,6-7,20-21H2,1-5H3,(H,34,39)(H,35,41). The second-order valence-corrected chi connectivity index (χ2v) is 11.1. The highest BCUT2D eigenvalue weighted by Gasteiger charge is 2.37. The SMILES string of the molecule is CCCCN(C(=O)C(Cc1ccc(O)cc1)NC(=O)OC(C)(C)C)C(C(=O)Nc1ccc(OC)cc1)c1ccccc1O. The van der Waals surface area contributed by atoms with Gasteiger partial charge in [-0.2, -0.15) is 0 Å². The zero-order valence-corrected chi connectivity index (χ0v) is 25.3. The van der Waals surface area contributed by atoms with Crippen molar-refractivity contribution in [1.82, 2.24) is 10.2 Å². The molecule has 230 valence electrons. The maximum absolute atomic E-state index is 14.4. The molecule has 10 heteroatoms. The number of carbonyl (C=O) groups excluding carboxylic acids is 3. The molecule has 0 heterocycles. The molecule has 10 nitrogen and oxygen atoms in total. The number of anilines is 1. The first-order valence-electron chi connectivity index (χ1n) is 14.2. The van der Waals surface area contributed by atoms with Crippen molar-refractivity contribution in [2.24, 2.45) is 0 Å². The number of para-hydroxylation sites is 1.